The minimum atomic E-state index is -4.32. The SMILES string of the molecule is N#Cc1ccc(NCc2ccc(C(F)(F)F)cc2)cc1Br. The average Bonchev–Trinajstić information content (AvgIpc) is 2.45. The summed E-state index contributed by atoms with van der Waals surface area (Å²) in [5, 5.41) is 11.9. The van der Waals surface area contributed by atoms with E-state index in [0.29, 0.717) is 16.6 Å². The van der Waals surface area contributed by atoms with Crippen LogP contribution in [0.5, 0.6) is 0 Å². The van der Waals surface area contributed by atoms with Crippen molar-refractivity contribution in [1.82, 2.24) is 0 Å². The summed E-state index contributed by atoms with van der Waals surface area (Å²) >= 11 is 3.28. The van der Waals surface area contributed by atoms with Crippen LogP contribution in [0.1, 0.15) is 16.7 Å². The molecule has 108 valence electrons. The monoisotopic (exact) mass is 354 g/mol. The van der Waals surface area contributed by atoms with E-state index in [2.05, 4.69) is 21.2 Å². The van der Waals surface area contributed by atoms with Crippen molar-refractivity contribution < 1.29 is 13.2 Å². The van der Waals surface area contributed by atoms with Gasteiger partial charge in [0.15, 0.2) is 0 Å². The highest BCUT2D eigenvalue weighted by Gasteiger charge is 2.29. The molecule has 21 heavy (non-hydrogen) atoms. The number of hydrogen-bond acceptors (Lipinski definition) is 2. The van der Waals surface area contributed by atoms with Crippen molar-refractivity contribution in [3.63, 3.8) is 0 Å². The smallest absolute Gasteiger partial charge is 0.381 e. The Morgan fingerprint density at radius 3 is 2.29 bits per heavy atom. The van der Waals surface area contributed by atoms with Crippen LogP contribution < -0.4 is 5.32 Å². The lowest BCUT2D eigenvalue weighted by Gasteiger charge is -2.10. The van der Waals surface area contributed by atoms with E-state index in [9.17, 15) is 13.2 Å². The van der Waals surface area contributed by atoms with E-state index in [0.717, 1.165) is 23.4 Å². The molecule has 0 atom stereocenters. The molecule has 6 heteroatoms. The van der Waals surface area contributed by atoms with Crippen molar-refractivity contribution in [3.05, 3.63) is 63.6 Å². The fourth-order valence-corrected chi connectivity index (χ4v) is 2.20. The Morgan fingerprint density at radius 1 is 1.10 bits per heavy atom. The van der Waals surface area contributed by atoms with Gasteiger partial charge in [-0.1, -0.05) is 12.1 Å². The van der Waals surface area contributed by atoms with Crippen LogP contribution in [0.15, 0.2) is 46.9 Å². The minimum absolute atomic E-state index is 0.399. The quantitative estimate of drug-likeness (QED) is 0.846. The molecule has 0 saturated heterocycles. The lowest BCUT2D eigenvalue weighted by Crippen LogP contribution is -2.05. The molecule has 0 unspecified atom stereocenters. The third kappa shape index (κ3) is 3.99. The molecule has 0 bridgehead atoms. The number of alkyl halides is 3. The molecule has 0 fully saturated rings. The van der Waals surface area contributed by atoms with Crippen LogP contribution in [0.25, 0.3) is 0 Å². The Kier molecular flexibility index (Phi) is 4.53. The summed E-state index contributed by atoms with van der Waals surface area (Å²) < 4.78 is 38.0. The topological polar surface area (TPSA) is 35.8 Å². The van der Waals surface area contributed by atoms with Crippen LogP contribution in [0, 0.1) is 11.3 Å². The van der Waals surface area contributed by atoms with E-state index in [-0.39, 0.29) is 0 Å². The molecule has 0 aliphatic heterocycles. The van der Waals surface area contributed by atoms with Gasteiger partial charge in [0.25, 0.3) is 0 Å². The van der Waals surface area contributed by atoms with Crippen molar-refractivity contribution in [2.45, 2.75) is 12.7 Å². The van der Waals surface area contributed by atoms with Gasteiger partial charge < -0.3 is 5.32 Å². The summed E-state index contributed by atoms with van der Waals surface area (Å²) in [6.45, 7) is 0.399. The van der Waals surface area contributed by atoms with Crippen molar-refractivity contribution in [1.29, 1.82) is 5.26 Å². The standard InChI is InChI=1S/C15H10BrF3N2/c16-14-7-13(6-3-11(14)8-20)21-9-10-1-4-12(5-2-10)15(17,18)19/h1-7,21H,9H2. The fourth-order valence-electron chi connectivity index (χ4n) is 1.73. The molecule has 0 aromatic heterocycles. The van der Waals surface area contributed by atoms with Crippen LogP contribution in [0.3, 0.4) is 0 Å². The second-order valence-corrected chi connectivity index (χ2v) is 5.21. The van der Waals surface area contributed by atoms with Crippen molar-refractivity contribution in [3.8, 4) is 6.07 Å². The molecule has 0 amide bonds. The van der Waals surface area contributed by atoms with Crippen molar-refractivity contribution in [2.75, 3.05) is 5.32 Å². The van der Waals surface area contributed by atoms with Gasteiger partial charge in [0, 0.05) is 16.7 Å². The molecule has 0 spiro atoms. The summed E-state index contributed by atoms with van der Waals surface area (Å²) in [5.74, 6) is 0. The van der Waals surface area contributed by atoms with E-state index in [1.54, 1.807) is 18.2 Å². The zero-order valence-corrected chi connectivity index (χ0v) is 12.3. The Bertz CT molecular complexity index is 673. The molecule has 0 aliphatic carbocycles. The molecule has 2 nitrogen and oxygen atoms in total. The number of nitriles is 1. The number of nitrogens with one attached hydrogen (secondary N) is 1. The van der Waals surface area contributed by atoms with Gasteiger partial charge in [0.1, 0.15) is 6.07 Å². The lowest BCUT2D eigenvalue weighted by atomic mass is 10.1. The van der Waals surface area contributed by atoms with E-state index in [1.807, 2.05) is 6.07 Å². The van der Waals surface area contributed by atoms with E-state index in [4.69, 9.17) is 5.26 Å². The number of rotatable bonds is 3. The normalized spacial score (nSPS) is 11.0. The second kappa shape index (κ2) is 6.19. The highest BCUT2D eigenvalue weighted by molar-refractivity contribution is 9.10. The van der Waals surface area contributed by atoms with Crippen LogP contribution in [0.2, 0.25) is 0 Å². The molecule has 0 heterocycles. The maximum atomic E-state index is 12.4. The minimum Gasteiger partial charge on any atom is -0.381 e. The zero-order chi connectivity index (χ0) is 15.5. The third-order valence-electron chi connectivity index (χ3n) is 2.87. The molecule has 0 aliphatic rings. The molecular weight excluding hydrogens is 345 g/mol. The van der Waals surface area contributed by atoms with Gasteiger partial charge in [-0.25, -0.2) is 0 Å². The predicted molar refractivity (Wildman–Crippen MR) is 77.6 cm³/mol. The van der Waals surface area contributed by atoms with Crippen LogP contribution in [0.4, 0.5) is 18.9 Å². The highest BCUT2D eigenvalue weighted by Crippen LogP contribution is 2.29. The van der Waals surface area contributed by atoms with Gasteiger partial charge in [0.05, 0.1) is 11.1 Å². The summed E-state index contributed by atoms with van der Waals surface area (Å²) in [4.78, 5) is 0. The molecule has 1 N–H and O–H groups in total. The Hall–Kier alpha value is -2.00. The van der Waals surface area contributed by atoms with Gasteiger partial charge in [0.2, 0.25) is 0 Å². The van der Waals surface area contributed by atoms with Gasteiger partial charge >= 0.3 is 6.18 Å². The van der Waals surface area contributed by atoms with E-state index in [1.165, 1.54) is 12.1 Å². The average molecular weight is 355 g/mol. The first kappa shape index (κ1) is 15.4. The number of anilines is 1. The largest absolute Gasteiger partial charge is 0.416 e. The summed E-state index contributed by atoms with van der Waals surface area (Å²) in [6.07, 6.45) is -4.32. The number of hydrogen-bond donors (Lipinski definition) is 1. The zero-order valence-electron chi connectivity index (χ0n) is 10.7. The van der Waals surface area contributed by atoms with Gasteiger partial charge in [-0.15, -0.1) is 0 Å². The fraction of sp³-hybridized carbons (Fsp3) is 0.133. The molecule has 2 aromatic carbocycles. The first-order valence-electron chi connectivity index (χ1n) is 6.00. The van der Waals surface area contributed by atoms with Gasteiger partial charge in [-0.3, -0.25) is 0 Å². The summed E-state index contributed by atoms with van der Waals surface area (Å²) in [6, 6.07) is 12.2. The predicted octanol–water partition coefficient (Wildman–Crippen LogP) is 4.95. The maximum absolute atomic E-state index is 12.4. The summed E-state index contributed by atoms with van der Waals surface area (Å²) in [5.41, 5.74) is 1.38. The second-order valence-electron chi connectivity index (χ2n) is 4.35. The lowest BCUT2D eigenvalue weighted by molar-refractivity contribution is -0.137. The summed E-state index contributed by atoms with van der Waals surface area (Å²) in [7, 11) is 0. The first-order chi connectivity index (χ1) is 9.90. The molecule has 0 radical (unpaired) electrons. The molecule has 2 aromatic rings. The maximum Gasteiger partial charge on any atom is 0.416 e. The van der Waals surface area contributed by atoms with Crippen LogP contribution in [-0.2, 0) is 12.7 Å². The van der Waals surface area contributed by atoms with Crippen LogP contribution >= 0.6 is 15.9 Å². The van der Waals surface area contributed by atoms with E-state index >= 15 is 0 Å². The first-order valence-corrected chi connectivity index (χ1v) is 6.79. The van der Waals surface area contributed by atoms with E-state index < -0.39 is 11.7 Å². The Labute approximate surface area is 128 Å². The Morgan fingerprint density at radius 2 is 1.76 bits per heavy atom. The van der Waals surface area contributed by atoms with Crippen molar-refractivity contribution in [2.24, 2.45) is 0 Å². The number of nitrogens with zero attached hydrogens (tertiary/aromatic N) is 1. The molecule has 0 saturated carbocycles. The molecular formula is C15H10BrF3N2. The van der Waals surface area contributed by atoms with Crippen molar-refractivity contribution >= 4 is 21.6 Å². The highest BCUT2D eigenvalue weighted by atomic mass is 79.9. The Balaban J connectivity index is 2.03. The van der Waals surface area contributed by atoms with Gasteiger partial charge in [-0.2, -0.15) is 18.4 Å². The van der Waals surface area contributed by atoms with Gasteiger partial charge in [-0.05, 0) is 51.8 Å². The van der Waals surface area contributed by atoms with Crippen LogP contribution in [-0.4, -0.2) is 0 Å². The number of benzene rings is 2. The molecule has 2 rings (SSSR count). The third-order valence-corrected chi connectivity index (χ3v) is 3.52. The number of halogens is 4.